The van der Waals surface area contributed by atoms with E-state index in [4.69, 9.17) is 4.74 Å². The van der Waals surface area contributed by atoms with E-state index < -0.39 is 0 Å². The molecule has 1 aliphatic heterocycles. The van der Waals surface area contributed by atoms with Crippen LogP contribution < -0.4 is 10.1 Å². The Morgan fingerprint density at radius 1 is 1.10 bits per heavy atom. The second-order valence-electron chi connectivity index (χ2n) is 4.80. The molecular weight excluding hydrogens is 250 g/mol. The zero-order chi connectivity index (χ0) is 13.6. The van der Waals surface area contributed by atoms with Gasteiger partial charge in [0.25, 0.3) is 0 Å². The summed E-state index contributed by atoms with van der Waals surface area (Å²) in [6, 6.07) is 5.95. The average molecular weight is 267 g/mol. The van der Waals surface area contributed by atoms with Crippen molar-refractivity contribution in [1.29, 1.82) is 0 Å². The summed E-state index contributed by atoms with van der Waals surface area (Å²) in [6.07, 6.45) is 12.5. The van der Waals surface area contributed by atoms with E-state index in [1.807, 2.05) is 36.5 Å². The minimum atomic E-state index is 0.260. The van der Waals surface area contributed by atoms with Crippen molar-refractivity contribution in [1.82, 2.24) is 15.3 Å². The van der Waals surface area contributed by atoms with Crippen molar-refractivity contribution in [3.63, 3.8) is 0 Å². The number of hydrogen-bond acceptors (Lipinski definition) is 4. The third-order valence-electron chi connectivity index (χ3n) is 3.23. The monoisotopic (exact) mass is 267 g/mol. The molecule has 20 heavy (non-hydrogen) atoms. The molecule has 1 saturated heterocycles. The highest BCUT2D eigenvalue weighted by Gasteiger charge is 2.15. The lowest BCUT2D eigenvalue weighted by molar-refractivity contribution is 0.222. The molecule has 0 unspecified atom stereocenters. The Morgan fingerprint density at radius 3 is 2.75 bits per heavy atom. The summed E-state index contributed by atoms with van der Waals surface area (Å²) in [7, 11) is 0. The van der Waals surface area contributed by atoms with E-state index in [0.29, 0.717) is 0 Å². The first-order valence-electron chi connectivity index (χ1n) is 6.81. The highest BCUT2D eigenvalue weighted by atomic mass is 16.5. The van der Waals surface area contributed by atoms with Gasteiger partial charge in [-0.25, -0.2) is 0 Å². The molecule has 2 aromatic heterocycles. The molecule has 1 atom stereocenters. The maximum atomic E-state index is 5.90. The van der Waals surface area contributed by atoms with Gasteiger partial charge < -0.3 is 10.1 Å². The van der Waals surface area contributed by atoms with Crippen LogP contribution in [0, 0.1) is 0 Å². The SMILES string of the molecule is C(=Cc1cncc(O[C@H]2CCNC2)c1)c1ccncc1. The zero-order valence-corrected chi connectivity index (χ0v) is 11.2. The van der Waals surface area contributed by atoms with Crippen molar-refractivity contribution < 1.29 is 4.74 Å². The first-order chi connectivity index (χ1) is 9.90. The van der Waals surface area contributed by atoms with Gasteiger partial charge in [-0.05, 0) is 42.3 Å². The molecule has 102 valence electrons. The minimum Gasteiger partial charge on any atom is -0.487 e. The summed E-state index contributed by atoms with van der Waals surface area (Å²) in [5.41, 5.74) is 2.15. The number of nitrogens with zero attached hydrogens (tertiary/aromatic N) is 2. The van der Waals surface area contributed by atoms with Crippen LogP contribution in [0.25, 0.3) is 12.2 Å². The third kappa shape index (κ3) is 3.42. The maximum absolute atomic E-state index is 5.90. The van der Waals surface area contributed by atoms with Crippen LogP contribution in [0.5, 0.6) is 5.75 Å². The first-order valence-corrected chi connectivity index (χ1v) is 6.81. The number of rotatable bonds is 4. The van der Waals surface area contributed by atoms with Crippen molar-refractivity contribution in [3.8, 4) is 5.75 Å². The van der Waals surface area contributed by atoms with Gasteiger partial charge in [0.05, 0.1) is 6.20 Å². The summed E-state index contributed by atoms with van der Waals surface area (Å²) in [5, 5.41) is 3.29. The van der Waals surface area contributed by atoms with Crippen molar-refractivity contribution in [2.75, 3.05) is 13.1 Å². The Kier molecular flexibility index (Phi) is 4.04. The molecule has 0 amide bonds. The molecule has 1 aliphatic rings. The fourth-order valence-electron chi connectivity index (χ4n) is 2.18. The molecule has 0 aliphatic carbocycles. The van der Waals surface area contributed by atoms with Gasteiger partial charge in [-0.2, -0.15) is 0 Å². The van der Waals surface area contributed by atoms with Gasteiger partial charge in [-0.3, -0.25) is 9.97 Å². The second-order valence-corrected chi connectivity index (χ2v) is 4.80. The van der Waals surface area contributed by atoms with Crippen molar-refractivity contribution in [3.05, 3.63) is 54.1 Å². The highest BCUT2D eigenvalue weighted by molar-refractivity contribution is 5.69. The summed E-state index contributed by atoms with van der Waals surface area (Å²) >= 11 is 0. The maximum Gasteiger partial charge on any atom is 0.138 e. The van der Waals surface area contributed by atoms with Crippen LogP contribution in [0.2, 0.25) is 0 Å². The largest absolute Gasteiger partial charge is 0.487 e. The number of ether oxygens (including phenoxy) is 1. The minimum absolute atomic E-state index is 0.260. The quantitative estimate of drug-likeness (QED) is 0.924. The zero-order valence-electron chi connectivity index (χ0n) is 11.2. The number of pyridine rings is 2. The lowest BCUT2D eigenvalue weighted by Gasteiger charge is -2.12. The van der Waals surface area contributed by atoms with Crippen molar-refractivity contribution in [2.45, 2.75) is 12.5 Å². The molecule has 0 aromatic carbocycles. The molecule has 3 heterocycles. The standard InChI is InChI=1S/C16H17N3O/c1(13-3-6-17-7-4-13)2-14-9-16(12-19-10-14)20-15-5-8-18-11-15/h1-4,6-7,9-10,12,15,18H,5,8,11H2/t15-/m0/s1. The predicted octanol–water partition coefficient (Wildman–Crippen LogP) is 2.39. The lowest BCUT2D eigenvalue weighted by atomic mass is 10.2. The topological polar surface area (TPSA) is 47.0 Å². The van der Waals surface area contributed by atoms with Gasteiger partial charge >= 0.3 is 0 Å². The van der Waals surface area contributed by atoms with Crippen molar-refractivity contribution >= 4 is 12.2 Å². The molecule has 4 heteroatoms. The summed E-state index contributed by atoms with van der Waals surface area (Å²) in [4.78, 5) is 8.23. The molecule has 2 aromatic rings. The lowest BCUT2D eigenvalue weighted by Crippen LogP contribution is -2.19. The Morgan fingerprint density at radius 2 is 1.95 bits per heavy atom. The number of nitrogens with one attached hydrogen (secondary N) is 1. The molecule has 0 radical (unpaired) electrons. The Balaban J connectivity index is 1.69. The van der Waals surface area contributed by atoms with Crippen LogP contribution in [0.1, 0.15) is 17.5 Å². The van der Waals surface area contributed by atoms with E-state index in [0.717, 1.165) is 36.4 Å². The van der Waals surface area contributed by atoms with Gasteiger partial charge in [0.1, 0.15) is 11.9 Å². The van der Waals surface area contributed by atoms with Crippen LogP contribution >= 0.6 is 0 Å². The number of hydrogen-bond donors (Lipinski definition) is 1. The summed E-state index contributed by atoms with van der Waals surface area (Å²) < 4.78 is 5.90. The van der Waals surface area contributed by atoms with Crippen LogP contribution in [-0.2, 0) is 0 Å². The Labute approximate surface area is 118 Å². The fourth-order valence-corrected chi connectivity index (χ4v) is 2.18. The third-order valence-corrected chi connectivity index (χ3v) is 3.23. The van der Waals surface area contributed by atoms with E-state index in [-0.39, 0.29) is 6.10 Å². The smallest absolute Gasteiger partial charge is 0.138 e. The Bertz CT molecular complexity index is 577. The van der Waals surface area contributed by atoms with Gasteiger partial charge in [0, 0.05) is 25.1 Å². The van der Waals surface area contributed by atoms with E-state index >= 15 is 0 Å². The Hall–Kier alpha value is -2.20. The van der Waals surface area contributed by atoms with Crippen LogP contribution in [0.4, 0.5) is 0 Å². The van der Waals surface area contributed by atoms with Gasteiger partial charge in [-0.1, -0.05) is 12.2 Å². The molecule has 0 saturated carbocycles. The highest BCUT2D eigenvalue weighted by Crippen LogP contribution is 2.17. The van der Waals surface area contributed by atoms with E-state index in [2.05, 4.69) is 15.3 Å². The van der Waals surface area contributed by atoms with E-state index in [9.17, 15) is 0 Å². The molecular formula is C16H17N3O. The average Bonchev–Trinajstić information content (AvgIpc) is 3.00. The van der Waals surface area contributed by atoms with Crippen LogP contribution in [0.15, 0.2) is 43.0 Å². The molecule has 4 nitrogen and oxygen atoms in total. The van der Waals surface area contributed by atoms with E-state index in [1.165, 1.54) is 0 Å². The second kappa shape index (κ2) is 6.30. The molecule has 1 N–H and O–H groups in total. The fraction of sp³-hybridized carbons (Fsp3) is 0.250. The van der Waals surface area contributed by atoms with Gasteiger partial charge in [0.15, 0.2) is 0 Å². The van der Waals surface area contributed by atoms with Gasteiger partial charge in [-0.15, -0.1) is 0 Å². The normalized spacial score (nSPS) is 18.5. The first kappa shape index (κ1) is 12.8. The molecule has 1 fully saturated rings. The van der Waals surface area contributed by atoms with Crippen LogP contribution in [-0.4, -0.2) is 29.2 Å². The predicted molar refractivity (Wildman–Crippen MR) is 79.3 cm³/mol. The molecule has 3 rings (SSSR count). The summed E-state index contributed by atoms with van der Waals surface area (Å²) in [6.45, 7) is 1.94. The van der Waals surface area contributed by atoms with Crippen LogP contribution in [0.3, 0.4) is 0 Å². The van der Waals surface area contributed by atoms with Gasteiger partial charge in [0.2, 0.25) is 0 Å². The molecule has 0 spiro atoms. The van der Waals surface area contributed by atoms with E-state index in [1.54, 1.807) is 18.6 Å². The van der Waals surface area contributed by atoms with Crippen molar-refractivity contribution in [2.24, 2.45) is 0 Å². The number of aromatic nitrogens is 2. The molecule has 0 bridgehead atoms. The summed E-state index contributed by atoms with van der Waals surface area (Å²) in [5.74, 6) is 0.829.